The van der Waals surface area contributed by atoms with E-state index in [2.05, 4.69) is 30.9 Å². The molecule has 21 heavy (non-hydrogen) atoms. The summed E-state index contributed by atoms with van der Waals surface area (Å²) in [5.74, 6) is 6.02. The van der Waals surface area contributed by atoms with Crippen LogP contribution < -0.4 is 0 Å². The van der Waals surface area contributed by atoms with Gasteiger partial charge in [-0.25, -0.2) is 4.39 Å². The molecule has 2 aromatic rings. The maximum Gasteiger partial charge on any atom is 0.166 e. The first kappa shape index (κ1) is 15.5. The lowest BCUT2D eigenvalue weighted by molar-refractivity contribution is 0.432. The highest BCUT2D eigenvalue weighted by molar-refractivity contribution is 7.99. The van der Waals surface area contributed by atoms with Crippen LogP contribution in [0.1, 0.15) is 30.9 Å². The van der Waals surface area contributed by atoms with Gasteiger partial charge in [-0.1, -0.05) is 25.2 Å². The zero-order valence-corrected chi connectivity index (χ0v) is 12.7. The average Bonchev–Trinajstić information content (AvgIpc) is 2.50. The van der Waals surface area contributed by atoms with E-state index in [-0.39, 0.29) is 5.75 Å². The zero-order chi connectivity index (χ0) is 15.1. The van der Waals surface area contributed by atoms with Crippen molar-refractivity contribution in [1.29, 1.82) is 0 Å². The number of aromatic hydroxyl groups is 1. The van der Waals surface area contributed by atoms with Crippen LogP contribution in [0.15, 0.2) is 47.4 Å². The summed E-state index contributed by atoms with van der Waals surface area (Å²) in [5, 5.41) is 9.12. The van der Waals surface area contributed by atoms with Crippen LogP contribution in [0, 0.1) is 17.7 Å². The van der Waals surface area contributed by atoms with Gasteiger partial charge >= 0.3 is 0 Å². The number of halogens is 1. The Labute approximate surface area is 129 Å². The molecular weight excluding hydrogens is 283 g/mol. The van der Waals surface area contributed by atoms with Gasteiger partial charge in [0, 0.05) is 16.0 Å². The van der Waals surface area contributed by atoms with E-state index in [4.69, 9.17) is 5.11 Å². The molecule has 0 atom stereocenters. The van der Waals surface area contributed by atoms with E-state index in [1.54, 1.807) is 6.07 Å². The lowest BCUT2D eigenvalue weighted by atomic mass is 10.2. The van der Waals surface area contributed by atoms with Gasteiger partial charge in [0.2, 0.25) is 0 Å². The van der Waals surface area contributed by atoms with Crippen LogP contribution in [0.5, 0.6) is 5.75 Å². The fourth-order valence-electron chi connectivity index (χ4n) is 1.70. The second-order valence-corrected chi connectivity index (χ2v) is 5.81. The Morgan fingerprint density at radius 2 is 1.71 bits per heavy atom. The highest BCUT2D eigenvalue weighted by Crippen LogP contribution is 2.19. The summed E-state index contributed by atoms with van der Waals surface area (Å²) < 4.78 is 13.2. The monoisotopic (exact) mass is 300 g/mol. The maximum absolute atomic E-state index is 13.2. The SMILES string of the molecule is CCCCSc1ccc(C#Cc2ccc(O)c(F)c2)cc1. The van der Waals surface area contributed by atoms with Crippen LogP contribution in [0.2, 0.25) is 0 Å². The molecule has 2 aromatic carbocycles. The molecule has 1 nitrogen and oxygen atoms in total. The van der Waals surface area contributed by atoms with Gasteiger partial charge in [0.05, 0.1) is 0 Å². The summed E-state index contributed by atoms with van der Waals surface area (Å²) >= 11 is 1.85. The van der Waals surface area contributed by atoms with E-state index < -0.39 is 5.82 Å². The Hall–Kier alpha value is -1.92. The third kappa shape index (κ3) is 4.84. The molecule has 3 heteroatoms. The van der Waals surface area contributed by atoms with Crippen LogP contribution in [-0.4, -0.2) is 10.9 Å². The molecule has 108 valence electrons. The zero-order valence-electron chi connectivity index (χ0n) is 11.9. The van der Waals surface area contributed by atoms with Gasteiger partial charge in [-0.05, 0) is 54.6 Å². The molecular formula is C18H17FOS. The molecule has 0 bridgehead atoms. The number of benzene rings is 2. The second kappa shape index (κ2) is 7.75. The number of thioether (sulfide) groups is 1. The van der Waals surface area contributed by atoms with Gasteiger partial charge < -0.3 is 5.11 Å². The summed E-state index contributed by atoms with van der Waals surface area (Å²) in [7, 11) is 0. The minimum Gasteiger partial charge on any atom is -0.505 e. The normalized spacial score (nSPS) is 10.0. The summed E-state index contributed by atoms with van der Waals surface area (Å²) in [6.07, 6.45) is 2.43. The number of unbranched alkanes of at least 4 members (excludes halogenated alkanes) is 1. The lowest BCUT2D eigenvalue weighted by Crippen LogP contribution is -1.81. The summed E-state index contributed by atoms with van der Waals surface area (Å²) in [5.41, 5.74) is 1.44. The van der Waals surface area contributed by atoms with Crippen molar-refractivity contribution in [2.24, 2.45) is 0 Å². The van der Waals surface area contributed by atoms with E-state index in [9.17, 15) is 4.39 Å². The second-order valence-electron chi connectivity index (χ2n) is 4.64. The van der Waals surface area contributed by atoms with Crippen molar-refractivity contribution in [3.8, 4) is 17.6 Å². The van der Waals surface area contributed by atoms with E-state index in [1.165, 1.54) is 29.9 Å². The third-order valence-electron chi connectivity index (χ3n) is 2.92. The Kier molecular flexibility index (Phi) is 5.71. The topological polar surface area (TPSA) is 20.2 Å². The first-order chi connectivity index (χ1) is 10.2. The van der Waals surface area contributed by atoms with Gasteiger partial charge in [0.25, 0.3) is 0 Å². The minimum atomic E-state index is -0.649. The molecule has 0 amide bonds. The highest BCUT2D eigenvalue weighted by Gasteiger charge is 1.99. The predicted octanol–water partition coefficient (Wildman–Crippen LogP) is 4.82. The van der Waals surface area contributed by atoms with Crippen LogP contribution in [0.3, 0.4) is 0 Å². The van der Waals surface area contributed by atoms with Crippen LogP contribution in [0.4, 0.5) is 4.39 Å². The van der Waals surface area contributed by atoms with Crippen molar-refractivity contribution in [2.45, 2.75) is 24.7 Å². The Bertz CT molecular complexity index is 653. The Morgan fingerprint density at radius 1 is 1.05 bits per heavy atom. The van der Waals surface area contributed by atoms with Crippen molar-refractivity contribution >= 4 is 11.8 Å². The highest BCUT2D eigenvalue weighted by atomic mass is 32.2. The van der Waals surface area contributed by atoms with E-state index >= 15 is 0 Å². The molecule has 0 saturated heterocycles. The summed E-state index contributed by atoms with van der Waals surface area (Å²) in [4.78, 5) is 1.24. The van der Waals surface area contributed by atoms with Gasteiger partial charge in [-0.2, -0.15) is 0 Å². The number of phenols is 1. The van der Waals surface area contributed by atoms with Crippen molar-refractivity contribution in [3.63, 3.8) is 0 Å². The number of hydrogen-bond acceptors (Lipinski definition) is 2. The van der Waals surface area contributed by atoms with Crippen molar-refractivity contribution < 1.29 is 9.50 Å². The number of hydrogen-bond donors (Lipinski definition) is 1. The molecule has 0 aliphatic rings. The largest absolute Gasteiger partial charge is 0.505 e. The van der Waals surface area contributed by atoms with Crippen molar-refractivity contribution in [3.05, 3.63) is 59.4 Å². The fraction of sp³-hybridized carbons (Fsp3) is 0.222. The molecule has 1 N–H and O–H groups in total. The Morgan fingerprint density at radius 3 is 2.38 bits per heavy atom. The molecule has 2 rings (SSSR count). The van der Waals surface area contributed by atoms with E-state index in [0.29, 0.717) is 5.56 Å². The lowest BCUT2D eigenvalue weighted by Gasteiger charge is -2.00. The van der Waals surface area contributed by atoms with Gasteiger partial charge in [0.15, 0.2) is 11.6 Å². The maximum atomic E-state index is 13.2. The van der Waals surface area contributed by atoms with E-state index in [1.807, 2.05) is 23.9 Å². The molecule has 0 aromatic heterocycles. The third-order valence-corrected chi connectivity index (χ3v) is 4.02. The van der Waals surface area contributed by atoms with Crippen molar-refractivity contribution in [1.82, 2.24) is 0 Å². The Balaban J connectivity index is 2.03. The summed E-state index contributed by atoms with van der Waals surface area (Å²) in [6.45, 7) is 2.19. The predicted molar refractivity (Wildman–Crippen MR) is 86.1 cm³/mol. The quantitative estimate of drug-likeness (QED) is 0.496. The van der Waals surface area contributed by atoms with Gasteiger partial charge in [-0.15, -0.1) is 11.8 Å². The number of phenolic OH excluding ortho intramolecular Hbond substituents is 1. The summed E-state index contributed by atoms with van der Waals surface area (Å²) in [6, 6.07) is 12.2. The van der Waals surface area contributed by atoms with Crippen LogP contribution in [-0.2, 0) is 0 Å². The first-order valence-electron chi connectivity index (χ1n) is 6.92. The van der Waals surface area contributed by atoms with Crippen molar-refractivity contribution in [2.75, 3.05) is 5.75 Å². The van der Waals surface area contributed by atoms with E-state index in [0.717, 1.165) is 11.3 Å². The first-order valence-corrected chi connectivity index (χ1v) is 7.91. The average molecular weight is 300 g/mol. The standard InChI is InChI=1S/C18H17FOS/c1-2-3-12-21-16-9-6-14(7-10-16)4-5-15-8-11-18(20)17(19)13-15/h6-11,13,20H,2-3,12H2,1H3. The van der Waals surface area contributed by atoms with Crippen LogP contribution >= 0.6 is 11.8 Å². The molecule has 0 radical (unpaired) electrons. The fourth-order valence-corrected chi connectivity index (χ4v) is 2.70. The minimum absolute atomic E-state index is 0.353. The molecule has 0 heterocycles. The molecule has 0 aliphatic carbocycles. The van der Waals surface area contributed by atoms with Gasteiger partial charge in [-0.3, -0.25) is 0 Å². The molecule has 0 saturated carbocycles. The molecule has 0 spiro atoms. The molecule has 0 unspecified atom stereocenters. The molecule has 0 aliphatic heterocycles. The number of rotatable bonds is 4. The van der Waals surface area contributed by atoms with Gasteiger partial charge in [0.1, 0.15) is 0 Å². The smallest absolute Gasteiger partial charge is 0.166 e. The molecule has 0 fully saturated rings. The van der Waals surface area contributed by atoms with Crippen LogP contribution in [0.25, 0.3) is 0 Å².